The molecule has 0 bridgehead atoms. The first kappa shape index (κ1) is 24.1. The Hall–Kier alpha value is -3.56. The molecule has 0 radical (unpaired) electrons. The highest BCUT2D eigenvalue weighted by Gasteiger charge is 2.26. The van der Waals surface area contributed by atoms with Crippen molar-refractivity contribution in [1.29, 1.82) is 0 Å². The largest absolute Gasteiger partial charge is 0.434 e. The summed E-state index contributed by atoms with van der Waals surface area (Å²) in [7, 11) is 0. The maximum atomic E-state index is 12.9. The molecule has 2 aromatic carbocycles. The number of para-hydroxylation sites is 1. The average molecular weight is 463 g/mol. The van der Waals surface area contributed by atoms with E-state index in [1.165, 1.54) is 47.4 Å². The maximum absolute atomic E-state index is 12.9. The van der Waals surface area contributed by atoms with E-state index < -0.39 is 18.3 Å². The molecule has 1 aliphatic heterocycles. The van der Waals surface area contributed by atoms with Gasteiger partial charge in [-0.05, 0) is 42.8 Å². The van der Waals surface area contributed by atoms with E-state index in [9.17, 15) is 27.6 Å². The highest BCUT2D eigenvalue weighted by molar-refractivity contribution is 5.97. The van der Waals surface area contributed by atoms with Crippen molar-refractivity contribution in [2.45, 2.75) is 19.5 Å². The van der Waals surface area contributed by atoms with Crippen LogP contribution in [0.25, 0.3) is 0 Å². The van der Waals surface area contributed by atoms with Crippen molar-refractivity contribution >= 4 is 17.7 Å². The summed E-state index contributed by atoms with van der Waals surface area (Å²) in [6, 6.07) is 11.0. The van der Waals surface area contributed by atoms with E-state index >= 15 is 0 Å². The van der Waals surface area contributed by atoms with E-state index in [0.717, 1.165) is 0 Å². The van der Waals surface area contributed by atoms with Crippen LogP contribution in [0.2, 0.25) is 0 Å². The van der Waals surface area contributed by atoms with E-state index in [2.05, 4.69) is 10.1 Å². The lowest BCUT2D eigenvalue weighted by molar-refractivity contribution is -0.132. The number of piperazine rings is 1. The molecule has 3 amide bonds. The third-order valence-corrected chi connectivity index (χ3v) is 5.21. The number of nitrogens with zero attached hydrogens (tertiary/aromatic N) is 2. The van der Waals surface area contributed by atoms with Crippen LogP contribution < -0.4 is 10.1 Å². The van der Waals surface area contributed by atoms with Gasteiger partial charge in [-0.1, -0.05) is 12.1 Å². The van der Waals surface area contributed by atoms with Gasteiger partial charge >= 0.3 is 6.61 Å². The minimum atomic E-state index is -3.03. The number of hydrogen-bond donors (Lipinski definition) is 1. The fourth-order valence-corrected chi connectivity index (χ4v) is 3.47. The van der Waals surface area contributed by atoms with Crippen LogP contribution in [-0.2, 0) is 4.79 Å². The maximum Gasteiger partial charge on any atom is 0.387 e. The van der Waals surface area contributed by atoms with Gasteiger partial charge < -0.3 is 19.9 Å². The van der Waals surface area contributed by atoms with E-state index in [-0.39, 0.29) is 42.6 Å². The molecule has 1 heterocycles. The Bertz CT molecular complexity index is 977. The minimum Gasteiger partial charge on any atom is -0.434 e. The lowest BCUT2D eigenvalue weighted by Gasteiger charge is -2.35. The smallest absolute Gasteiger partial charge is 0.387 e. The first-order valence-electron chi connectivity index (χ1n) is 10.5. The lowest BCUT2D eigenvalue weighted by Crippen LogP contribution is -2.50. The number of carbonyl (C=O) groups excluding carboxylic acids is 3. The zero-order valence-corrected chi connectivity index (χ0v) is 17.8. The summed E-state index contributed by atoms with van der Waals surface area (Å²) >= 11 is 0. The lowest BCUT2D eigenvalue weighted by atomic mass is 10.1. The Kier molecular flexibility index (Phi) is 8.28. The molecule has 0 aromatic heterocycles. The van der Waals surface area contributed by atoms with Crippen molar-refractivity contribution in [3.05, 3.63) is 65.5 Å². The van der Waals surface area contributed by atoms with E-state index in [4.69, 9.17) is 0 Å². The van der Waals surface area contributed by atoms with Gasteiger partial charge in [0.25, 0.3) is 11.8 Å². The van der Waals surface area contributed by atoms with Crippen molar-refractivity contribution in [3.63, 3.8) is 0 Å². The van der Waals surface area contributed by atoms with Crippen LogP contribution in [0.5, 0.6) is 5.75 Å². The zero-order valence-electron chi connectivity index (χ0n) is 17.8. The van der Waals surface area contributed by atoms with Crippen LogP contribution in [-0.4, -0.2) is 66.9 Å². The number of hydrogen-bond acceptors (Lipinski definition) is 4. The topological polar surface area (TPSA) is 79.0 Å². The monoisotopic (exact) mass is 463 g/mol. The van der Waals surface area contributed by atoms with Gasteiger partial charge in [0.15, 0.2) is 0 Å². The Labute approximate surface area is 189 Å². The predicted molar refractivity (Wildman–Crippen MR) is 114 cm³/mol. The Balaban J connectivity index is 1.41. The number of halogens is 3. The van der Waals surface area contributed by atoms with Crippen LogP contribution in [0.4, 0.5) is 13.2 Å². The molecule has 2 aromatic rings. The molecule has 0 atom stereocenters. The van der Waals surface area contributed by atoms with E-state index in [1.807, 2.05) is 0 Å². The van der Waals surface area contributed by atoms with Crippen LogP contribution in [0.3, 0.4) is 0 Å². The van der Waals surface area contributed by atoms with Crippen LogP contribution in [0.15, 0.2) is 48.5 Å². The second kappa shape index (κ2) is 11.3. The van der Waals surface area contributed by atoms with Crippen molar-refractivity contribution in [2.75, 3.05) is 32.7 Å². The summed E-state index contributed by atoms with van der Waals surface area (Å²) in [6.07, 6.45) is 0.659. The van der Waals surface area contributed by atoms with Crippen molar-refractivity contribution in [2.24, 2.45) is 0 Å². The average Bonchev–Trinajstić information content (AvgIpc) is 2.81. The van der Waals surface area contributed by atoms with E-state index in [0.29, 0.717) is 31.6 Å². The van der Waals surface area contributed by atoms with E-state index in [1.54, 1.807) is 11.0 Å². The molecule has 10 heteroatoms. The molecule has 0 aliphatic carbocycles. The minimum absolute atomic E-state index is 0.0504. The molecule has 0 spiro atoms. The summed E-state index contributed by atoms with van der Waals surface area (Å²) in [5.74, 6) is -1.48. The van der Waals surface area contributed by atoms with Gasteiger partial charge in [0, 0.05) is 44.7 Å². The van der Waals surface area contributed by atoms with Gasteiger partial charge in [-0.25, -0.2) is 4.39 Å². The first-order chi connectivity index (χ1) is 15.8. The Morgan fingerprint density at radius 2 is 1.58 bits per heavy atom. The molecular formula is C23H24F3N3O4. The number of carbonyl (C=O) groups is 3. The van der Waals surface area contributed by atoms with Crippen LogP contribution in [0, 0.1) is 5.82 Å². The van der Waals surface area contributed by atoms with Crippen molar-refractivity contribution < 1.29 is 32.3 Å². The van der Waals surface area contributed by atoms with Crippen molar-refractivity contribution in [3.8, 4) is 5.75 Å². The molecule has 1 fully saturated rings. The molecule has 7 nitrogen and oxygen atoms in total. The van der Waals surface area contributed by atoms with Gasteiger partial charge in [0.2, 0.25) is 5.91 Å². The number of ether oxygens (including phenoxy) is 1. The third-order valence-electron chi connectivity index (χ3n) is 5.21. The second-order valence-corrected chi connectivity index (χ2v) is 7.41. The van der Waals surface area contributed by atoms with Crippen LogP contribution >= 0.6 is 0 Å². The normalized spacial score (nSPS) is 13.7. The fraction of sp³-hybridized carbons (Fsp3) is 0.348. The predicted octanol–water partition coefficient (Wildman–Crippen LogP) is 2.92. The molecule has 176 valence electrons. The second-order valence-electron chi connectivity index (χ2n) is 7.41. The summed E-state index contributed by atoms with van der Waals surface area (Å²) in [5.41, 5.74) is 0.388. The molecule has 1 saturated heterocycles. The summed E-state index contributed by atoms with van der Waals surface area (Å²) in [5, 5.41) is 2.69. The molecule has 0 saturated carbocycles. The van der Waals surface area contributed by atoms with Gasteiger partial charge in [-0.15, -0.1) is 0 Å². The first-order valence-corrected chi connectivity index (χ1v) is 10.5. The highest BCUT2D eigenvalue weighted by Crippen LogP contribution is 2.22. The zero-order chi connectivity index (χ0) is 23.8. The summed E-state index contributed by atoms with van der Waals surface area (Å²) in [4.78, 5) is 40.3. The van der Waals surface area contributed by atoms with Gasteiger partial charge in [-0.2, -0.15) is 8.78 Å². The van der Waals surface area contributed by atoms with Gasteiger partial charge in [-0.3, -0.25) is 14.4 Å². The van der Waals surface area contributed by atoms with Gasteiger partial charge in [0.1, 0.15) is 11.6 Å². The number of amides is 3. The summed E-state index contributed by atoms with van der Waals surface area (Å²) in [6.45, 7) is -1.55. The third kappa shape index (κ3) is 6.71. The Morgan fingerprint density at radius 1 is 0.939 bits per heavy atom. The Morgan fingerprint density at radius 3 is 2.24 bits per heavy atom. The standard InChI is InChI=1S/C23H24F3N3O4/c24-17-9-7-16(8-10-17)21(31)27-11-3-6-20(30)28-12-14-29(15-13-28)22(32)18-4-1-2-5-19(18)33-23(25)26/h1-2,4-5,7-10,23H,3,6,11-15H2,(H,27,31). The molecule has 0 unspecified atom stereocenters. The SMILES string of the molecule is O=C(NCCCC(=O)N1CCN(C(=O)c2ccccc2OC(F)F)CC1)c1ccc(F)cc1. The number of rotatable bonds is 8. The summed E-state index contributed by atoms with van der Waals surface area (Å²) < 4.78 is 42.5. The number of benzene rings is 2. The van der Waals surface area contributed by atoms with Crippen LogP contribution in [0.1, 0.15) is 33.6 Å². The fourth-order valence-electron chi connectivity index (χ4n) is 3.47. The number of nitrogens with one attached hydrogen (secondary N) is 1. The molecular weight excluding hydrogens is 439 g/mol. The quantitative estimate of drug-likeness (QED) is 0.611. The van der Waals surface area contributed by atoms with Gasteiger partial charge in [0.05, 0.1) is 5.56 Å². The molecule has 1 aliphatic rings. The molecule has 33 heavy (non-hydrogen) atoms. The molecule has 1 N–H and O–H groups in total. The van der Waals surface area contributed by atoms with Crippen molar-refractivity contribution in [1.82, 2.24) is 15.1 Å². The number of alkyl halides is 2. The highest BCUT2D eigenvalue weighted by atomic mass is 19.3. The molecule has 3 rings (SSSR count).